The summed E-state index contributed by atoms with van der Waals surface area (Å²) >= 11 is 0. The van der Waals surface area contributed by atoms with Crippen LogP contribution in [0.3, 0.4) is 0 Å². The van der Waals surface area contributed by atoms with Gasteiger partial charge in [-0.2, -0.15) is 0 Å². The molecule has 0 radical (unpaired) electrons. The van der Waals surface area contributed by atoms with Gasteiger partial charge >= 0.3 is 0 Å². The second-order valence-corrected chi connectivity index (χ2v) is 6.92. The molecule has 0 saturated carbocycles. The SMILES string of the molecule is CN(C)C(=O)[C@@H](CC(C)(C)C)C(C)(C)C. The van der Waals surface area contributed by atoms with E-state index in [4.69, 9.17) is 0 Å². The van der Waals surface area contributed by atoms with E-state index < -0.39 is 0 Å². The molecule has 1 atom stereocenters. The fraction of sp³-hybridized carbons (Fsp3) is 0.923. The van der Waals surface area contributed by atoms with E-state index in [-0.39, 0.29) is 22.7 Å². The highest BCUT2D eigenvalue weighted by Crippen LogP contribution is 2.36. The summed E-state index contributed by atoms with van der Waals surface area (Å²) in [4.78, 5) is 13.8. The highest BCUT2D eigenvalue weighted by molar-refractivity contribution is 5.79. The summed E-state index contributed by atoms with van der Waals surface area (Å²) in [6.45, 7) is 13.0. The summed E-state index contributed by atoms with van der Waals surface area (Å²) < 4.78 is 0. The molecule has 0 aliphatic heterocycles. The number of rotatable bonds is 2. The lowest BCUT2D eigenvalue weighted by atomic mass is 9.71. The van der Waals surface area contributed by atoms with Crippen LogP contribution in [0.5, 0.6) is 0 Å². The van der Waals surface area contributed by atoms with Crippen molar-refractivity contribution >= 4 is 5.91 Å². The van der Waals surface area contributed by atoms with Gasteiger partial charge in [0.15, 0.2) is 0 Å². The standard InChI is InChI=1S/C13H27NO/c1-12(2,3)9-10(13(4,5)6)11(15)14(7)8/h10H,9H2,1-8H3/t10-/m1/s1. The summed E-state index contributed by atoms with van der Waals surface area (Å²) in [6, 6.07) is 0. The number of hydrogen-bond acceptors (Lipinski definition) is 1. The first-order chi connectivity index (χ1) is 6.45. The Morgan fingerprint density at radius 1 is 1.07 bits per heavy atom. The lowest BCUT2D eigenvalue weighted by molar-refractivity contribution is -0.137. The van der Waals surface area contributed by atoms with Gasteiger partial charge in [-0.3, -0.25) is 4.79 Å². The van der Waals surface area contributed by atoms with E-state index in [1.807, 2.05) is 14.1 Å². The predicted octanol–water partition coefficient (Wildman–Crippen LogP) is 3.17. The quantitative estimate of drug-likeness (QED) is 0.690. The minimum absolute atomic E-state index is 0.0363. The van der Waals surface area contributed by atoms with Gasteiger partial charge in [-0.15, -0.1) is 0 Å². The van der Waals surface area contributed by atoms with Crippen molar-refractivity contribution in [1.29, 1.82) is 0 Å². The minimum atomic E-state index is 0.0363. The van der Waals surface area contributed by atoms with Crippen LogP contribution in [-0.2, 0) is 4.79 Å². The van der Waals surface area contributed by atoms with Crippen molar-refractivity contribution in [2.75, 3.05) is 14.1 Å². The van der Waals surface area contributed by atoms with E-state index in [2.05, 4.69) is 41.5 Å². The minimum Gasteiger partial charge on any atom is -0.349 e. The average Bonchev–Trinajstić information content (AvgIpc) is 1.94. The molecule has 0 unspecified atom stereocenters. The Hall–Kier alpha value is -0.530. The van der Waals surface area contributed by atoms with Crippen molar-refractivity contribution in [2.24, 2.45) is 16.7 Å². The Morgan fingerprint density at radius 3 is 1.67 bits per heavy atom. The normalized spacial score (nSPS) is 14.9. The maximum absolute atomic E-state index is 12.1. The van der Waals surface area contributed by atoms with Crippen LogP contribution in [0, 0.1) is 16.7 Å². The third-order valence-electron chi connectivity index (χ3n) is 2.60. The first-order valence-electron chi connectivity index (χ1n) is 5.66. The predicted molar refractivity (Wildman–Crippen MR) is 65.7 cm³/mol. The first-order valence-corrected chi connectivity index (χ1v) is 5.66. The number of amides is 1. The maximum atomic E-state index is 12.1. The van der Waals surface area contributed by atoms with E-state index in [0.717, 1.165) is 6.42 Å². The van der Waals surface area contributed by atoms with Crippen LogP contribution in [-0.4, -0.2) is 24.9 Å². The van der Waals surface area contributed by atoms with Crippen molar-refractivity contribution < 1.29 is 4.79 Å². The van der Waals surface area contributed by atoms with Gasteiger partial charge in [-0.25, -0.2) is 0 Å². The van der Waals surface area contributed by atoms with E-state index in [9.17, 15) is 4.79 Å². The molecule has 0 aliphatic rings. The van der Waals surface area contributed by atoms with Crippen LogP contribution >= 0.6 is 0 Å². The van der Waals surface area contributed by atoms with Gasteiger partial charge < -0.3 is 4.90 Å². The molecule has 0 aromatic heterocycles. The topological polar surface area (TPSA) is 20.3 Å². The molecule has 90 valence electrons. The highest BCUT2D eigenvalue weighted by atomic mass is 16.2. The van der Waals surface area contributed by atoms with Crippen molar-refractivity contribution in [3.05, 3.63) is 0 Å². The molecule has 0 bridgehead atoms. The number of carbonyl (C=O) groups excluding carboxylic acids is 1. The maximum Gasteiger partial charge on any atom is 0.225 e. The zero-order valence-electron chi connectivity index (χ0n) is 11.6. The zero-order chi connectivity index (χ0) is 12.4. The molecule has 0 N–H and O–H groups in total. The smallest absolute Gasteiger partial charge is 0.225 e. The Balaban J connectivity index is 4.84. The summed E-state index contributed by atoms with van der Waals surface area (Å²) in [5, 5.41) is 0. The molecule has 2 nitrogen and oxygen atoms in total. The van der Waals surface area contributed by atoms with Crippen LogP contribution in [0.2, 0.25) is 0 Å². The van der Waals surface area contributed by atoms with Crippen molar-refractivity contribution in [2.45, 2.75) is 48.0 Å². The van der Waals surface area contributed by atoms with Crippen LogP contribution in [0.1, 0.15) is 48.0 Å². The molecule has 0 aromatic carbocycles. The van der Waals surface area contributed by atoms with Gasteiger partial charge in [0.1, 0.15) is 0 Å². The summed E-state index contributed by atoms with van der Waals surface area (Å²) in [7, 11) is 3.67. The van der Waals surface area contributed by atoms with E-state index >= 15 is 0 Å². The fourth-order valence-corrected chi connectivity index (χ4v) is 1.69. The van der Waals surface area contributed by atoms with Crippen molar-refractivity contribution in [3.8, 4) is 0 Å². The summed E-state index contributed by atoms with van der Waals surface area (Å²) in [5.41, 5.74) is 0.234. The zero-order valence-corrected chi connectivity index (χ0v) is 11.6. The molecule has 1 amide bonds. The van der Waals surface area contributed by atoms with E-state index in [1.165, 1.54) is 0 Å². The van der Waals surface area contributed by atoms with Gasteiger partial charge in [0.2, 0.25) is 5.91 Å². The van der Waals surface area contributed by atoms with Crippen LogP contribution in [0.15, 0.2) is 0 Å². The number of hydrogen-bond donors (Lipinski definition) is 0. The number of nitrogens with zero attached hydrogens (tertiary/aromatic N) is 1. The number of carbonyl (C=O) groups is 1. The Bertz CT molecular complexity index is 218. The molecule has 0 saturated heterocycles. The van der Waals surface area contributed by atoms with Crippen LogP contribution < -0.4 is 0 Å². The third kappa shape index (κ3) is 5.19. The second-order valence-electron chi connectivity index (χ2n) is 6.92. The molecule has 0 aliphatic carbocycles. The summed E-state index contributed by atoms with van der Waals surface area (Å²) in [6.07, 6.45) is 0.938. The second kappa shape index (κ2) is 4.54. The van der Waals surface area contributed by atoms with E-state index in [0.29, 0.717) is 0 Å². The van der Waals surface area contributed by atoms with Gasteiger partial charge in [-0.05, 0) is 17.3 Å². The molecular weight excluding hydrogens is 186 g/mol. The van der Waals surface area contributed by atoms with Crippen LogP contribution in [0.4, 0.5) is 0 Å². The van der Waals surface area contributed by atoms with Gasteiger partial charge in [0.05, 0.1) is 0 Å². The van der Waals surface area contributed by atoms with Gasteiger partial charge in [0.25, 0.3) is 0 Å². The summed E-state index contributed by atoms with van der Waals surface area (Å²) in [5.74, 6) is 0.352. The third-order valence-corrected chi connectivity index (χ3v) is 2.60. The lowest BCUT2D eigenvalue weighted by Crippen LogP contribution is -2.39. The van der Waals surface area contributed by atoms with Gasteiger partial charge in [0, 0.05) is 20.0 Å². The Labute approximate surface area is 95.0 Å². The Morgan fingerprint density at radius 2 is 1.47 bits per heavy atom. The molecule has 0 aromatic rings. The highest BCUT2D eigenvalue weighted by Gasteiger charge is 2.35. The molecule has 0 fully saturated rings. The first kappa shape index (κ1) is 14.5. The lowest BCUT2D eigenvalue weighted by Gasteiger charge is -2.36. The Kier molecular flexibility index (Phi) is 4.38. The molecule has 0 heterocycles. The van der Waals surface area contributed by atoms with Gasteiger partial charge in [-0.1, -0.05) is 41.5 Å². The van der Waals surface area contributed by atoms with Crippen LogP contribution in [0.25, 0.3) is 0 Å². The molecule has 2 heteroatoms. The van der Waals surface area contributed by atoms with Crippen molar-refractivity contribution in [1.82, 2.24) is 4.90 Å². The molecule has 15 heavy (non-hydrogen) atoms. The molecule has 0 rings (SSSR count). The monoisotopic (exact) mass is 213 g/mol. The largest absolute Gasteiger partial charge is 0.349 e. The van der Waals surface area contributed by atoms with E-state index in [1.54, 1.807) is 4.90 Å². The fourth-order valence-electron chi connectivity index (χ4n) is 1.69. The molecular formula is C13H27NO. The average molecular weight is 213 g/mol. The van der Waals surface area contributed by atoms with Crippen molar-refractivity contribution in [3.63, 3.8) is 0 Å². The molecule has 0 spiro atoms.